The zero-order chi connectivity index (χ0) is 23.2. The summed E-state index contributed by atoms with van der Waals surface area (Å²) in [5.41, 5.74) is 0.331. The van der Waals surface area contributed by atoms with E-state index in [1.165, 1.54) is 4.57 Å². The minimum atomic E-state index is -1.10. The number of rotatable bonds is 2. The highest BCUT2D eigenvalue weighted by Gasteiger charge is 2.33. The van der Waals surface area contributed by atoms with Gasteiger partial charge < -0.3 is 35.0 Å². The van der Waals surface area contributed by atoms with Crippen LogP contribution in [-0.2, 0) is 4.74 Å². The Labute approximate surface area is 186 Å². The Morgan fingerprint density at radius 1 is 1.03 bits per heavy atom. The number of benzene rings is 1. The van der Waals surface area contributed by atoms with Crippen LogP contribution >= 0.6 is 0 Å². The molecule has 32 heavy (non-hydrogen) atoms. The van der Waals surface area contributed by atoms with E-state index in [9.17, 15) is 25.2 Å². The zero-order valence-electron chi connectivity index (χ0n) is 18.7. The summed E-state index contributed by atoms with van der Waals surface area (Å²) >= 11 is 0. The molecule has 1 amide bonds. The summed E-state index contributed by atoms with van der Waals surface area (Å²) in [5, 5.41) is 45.2. The highest BCUT2D eigenvalue weighted by Crippen LogP contribution is 2.43. The second-order valence-electron chi connectivity index (χ2n) is 9.47. The third kappa shape index (κ3) is 4.30. The van der Waals surface area contributed by atoms with Gasteiger partial charge in [-0.15, -0.1) is 0 Å². The van der Waals surface area contributed by atoms with Crippen molar-refractivity contribution in [2.45, 2.75) is 57.7 Å². The summed E-state index contributed by atoms with van der Waals surface area (Å²) in [6.45, 7) is 7.79. The molecule has 2 fully saturated rings. The van der Waals surface area contributed by atoms with Gasteiger partial charge in [0.15, 0.2) is 0 Å². The smallest absolute Gasteiger partial charge is 0.410 e. The molecule has 3 unspecified atom stereocenters. The van der Waals surface area contributed by atoms with Crippen molar-refractivity contribution < 1.29 is 30.0 Å². The predicted molar refractivity (Wildman–Crippen MR) is 119 cm³/mol. The molecule has 176 valence electrons. The molecule has 0 radical (unpaired) electrons. The van der Waals surface area contributed by atoms with Crippen molar-refractivity contribution in [1.82, 2.24) is 14.8 Å². The largest absolute Gasteiger partial charge is 0.494 e. The van der Waals surface area contributed by atoms with Crippen molar-refractivity contribution in [3.05, 3.63) is 18.2 Å². The number of carbonyl (C=O) groups is 1. The maximum Gasteiger partial charge on any atom is 0.410 e. The summed E-state index contributed by atoms with van der Waals surface area (Å²) in [5.74, 6) is -0.255. The van der Waals surface area contributed by atoms with Crippen molar-refractivity contribution in [3.8, 4) is 11.8 Å². The van der Waals surface area contributed by atoms with Crippen LogP contribution < -0.4 is 10.2 Å². The molecule has 4 rings (SSSR count). The number of aliphatic hydroxyl groups is 2. The predicted octanol–water partition coefficient (Wildman–Crippen LogP) is 1.67. The van der Waals surface area contributed by atoms with Gasteiger partial charge in [0, 0.05) is 42.6 Å². The Bertz CT molecular complexity index is 992. The number of aromatic nitrogens is 1. The van der Waals surface area contributed by atoms with Crippen LogP contribution in [0.25, 0.3) is 10.8 Å². The monoisotopic (exact) mass is 448 g/mol. The summed E-state index contributed by atoms with van der Waals surface area (Å²) in [4.78, 5) is 16.1. The molecule has 10 nitrogen and oxygen atoms in total. The van der Waals surface area contributed by atoms with Crippen molar-refractivity contribution in [2.75, 3.05) is 31.1 Å². The molecule has 3 heterocycles. The van der Waals surface area contributed by atoms with Crippen LogP contribution in [0.1, 0.15) is 39.7 Å². The van der Waals surface area contributed by atoms with E-state index in [4.69, 9.17) is 4.74 Å². The normalized spacial score (nSPS) is 24.7. The van der Waals surface area contributed by atoms with Gasteiger partial charge in [-0.1, -0.05) is 0 Å². The molecule has 1 aromatic heterocycles. The van der Waals surface area contributed by atoms with Crippen LogP contribution in [-0.4, -0.2) is 80.2 Å². The van der Waals surface area contributed by atoms with Crippen LogP contribution in [0, 0.1) is 0 Å². The van der Waals surface area contributed by atoms with Crippen LogP contribution in [0.3, 0.4) is 0 Å². The van der Waals surface area contributed by atoms with Crippen LogP contribution in [0.15, 0.2) is 18.2 Å². The number of anilines is 1. The number of nitrogens with zero attached hydrogens (tertiary/aromatic N) is 3. The van der Waals surface area contributed by atoms with E-state index in [0.29, 0.717) is 49.8 Å². The second-order valence-corrected chi connectivity index (χ2v) is 9.47. The molecule has 0 bridgehead atoms. The number of amides is 1. The maximum absolute atomic E-state index is 12.3. The quantitative estimate of drug-likeness (QED) is 0.469. The Hall–Kier alpha value is -2.69. The number of nitrogens with one attached hydrogen (secondary N) is 1. The van der Waals surface area contributed by atoms with Gasteiger partial charge in [0.1, 0.15) is 18.1 Å². The topological polar surface area (TPSA) is 131 Å². The molecule has 0 saturated carbocycles. The SMILES string of the molecule is CC(C)(C)OC(=O)N1CCN(c2ccc3c(O)n(C4CCC(O)NC4O)c(O)c3c2)CC1. The fourth-order valence-electron chi connectivity index (χ4n) is 4.40. The van der Waals surface area contributed by atoms with Gasteiger partial charge in [0.05, 0.1) is 6.04 Å². The van der Waals surface area contributed by atoms with Gasteiger partial charge in [-0.3, -0.25) is 9.88 Å². The molecule has 1 aromatic carbocycles. The molecule has 2 aliphatic heterocycles. The first-order valence-corrected chi connectivity index (χ1v) is 11.0. The lowest BCUT2D eigenvalue weighted by Gasteiger charge is -2.36. The molecule has 3 atom stereocenters. The third-order valence-corrected chi connectivity index (χ3v) is 6.03. The van der Waals surface area contributed by atoms with Crippen molar-refractivity contribution in [2.24, 2.45) is 0 Å². The average molecular weight is 449 g/mol. The van der Waals surface area contributed by atoms with Gasteiger partial charge in [-0.05, 0) is 51.8 Å². The van der Waals surface area contributed by atoms with Crippen LogP contribution in [0.5, 0.6) is 11.8 Å². The van der Waals surface area contributed by atoms with E-state index in [1.54, 1.807) is 11.0 Å². The Balaban J connectivity index is 1.52. The van der Waals surface area contributed by atoms with E-state index in [-0.39, 0.29) is 17.9 Å². The lowest BCUT2D eigenvalue weighted by molar-refractivity contribution is -0.0305. The van der Waals surface area contributed by atoms with Gasteiger partial charge in [-0.2, -0.15) is 0 Å². The molecule has 5 N–H and O–H groups in total. The average Bonchev–Trinajstić information content (AvgIpc) is 2.97. The molecule has 0 spiro atoms. The lowest BCUT2D eigenvalue weighted by atomic mass is 10.0. The van der Waals surface area contributed by atoms with E-state index >= 15 is 0 Å². The summed E-state index contributed by atoms with van der Waals surface area (Å²) in [7, 11) is 0. The molecular formula is C22H32N4O6. The van der Waals surface area contributed by atoms with Gasteiger partial charge in [-0.25, -0.2) is 4.79 Å². The number of ether oxygens (including phenoxy) is 1. The number of hydrogen-bond donors (Lipinski definition) is 5. The highest BCUT2D eigenvalue weighted by atomic mass is 16.6. The van der Waals surface area contributed by atoms with Gasteiger partial charge >= 0.3 is 6.09 Å². The van der Waals surface area contributed by atoms with Crippen molar-refractivity contribution in [3.63, 3.8) is 0 Å². The van der Waals surface area contributed by atoms with Gasteiger partial charge in [0.25, 0.3) is 0 Å². The molecule has 2 saturated heterocycles. The fraction of sp³-hybridized carbons (Fsp3) is 0.591. The van der Waals surface area contributed by atoms with E-state index in [0.717, 1.165) is 5.69 Å². The summed E-state index contributed by atoms with van der Waals surface area (Å²) in [6, 6.07) is 4.82. The number of fused-ring (bicyclic) bond motifs is 1. The summed E-state index contributed by atoms with van der Waals surface area (Å²) in [6.07, 6.45) is -1.45. The number of piperazine rings is 1. The van der Waals surface area contributed by atoms with Crippen LogP contribution in [0.4, 0.5) is 10.5 Å². The van der Waals surface area contributed by atoms with E-state index in [1.807, 2.05) is 32.9 Å². The van der Waals surface area contributed by atoms with E-state index < -0.39 is 24.1 Å². The number of aromatic hydroxyl groups is 2. The summed E-state index contributed by atoms with van der Waals surface area (Å²) < 4.78 is 6.76. The fourth-order valence-corrected chi connectivity index (χ4v) is 4.40. The van der Waals surface area contributed by atoms with Crippen molar-refractivity contribution >= 4 is 22.6 Å². The minimum absolute atomic E-state index is 0.124. The maximum atomic E-state index is 12.3. The number of carbonyl (C=O) groups excluding carboxylic acids is 1. The van der Waals surface area contributed by atoms with E-state index in [2.05, 4.69) is 10.2 Å². The first-order chi connectivity index (χ1) is 15.0. The van der Waals surface area contributed by atoms with Gasteiger partial charge in [0.2, 0.25) is 11.8 Å². The first kappa shape index (κ1) is 22.5. The minimum Gasteiger partial charge on any atom is -0.494 e. The lowest BCUT2D eigenvalue weighted by Crippen LogP contribution is -2.50. The molecular weight excluding hydrogens is 416 g/mol. The van der Waals surface area contributed by atoms with Crippen LogP contribution in [0.2, 0.25) is 0 Å². The molecule has 10 heteroatoms. The zero-order valence-corrected chi connectivity index (χ0v) is 18.7. The third-order valence-electron chi connectivity index (χ3n) is 6.03. The Morgan fingerprint density at radius 2 is 1.69 bits per heavy atom. The molecule has 2 aliphatic rings. The Morgan fingerprint density at radius 3 is 2.31 bits per heavy atom. The second kappa shape index (κ2) is 8.34. The number of hydrogen-bond acceptors (Lipinski definition) is 8. The highest BCUT2D eigenvalue weighted by molar-refractivity contribution is 5.95. The number of aliphatic hydroxyl groups excluding tert-OH is 2. The van der Waals surface area contributed by atoms with Crippen molar-refractivity contribution in [1.29, 1.82) is 0 Å². The molecule has 0 aliphatic carbocycles. The number of piperidine rings is 1. The molecule has 2 aromatic rings. The Kier molecular flexibility index (Phi) is 5.87. The first-order valence-electron chi connectivity index (χ1n) is 11.0. The standard InChI is InChI=1S/C22H32N4O6/c1-22(2,3)32-21(31)25-10-8-24(9-11-25)13-4-5-14-15(12-13)20(30)26(19(14)29)16-6-7-17(27)23-18(16)28/h4-5,12,16-18,23,27-30H,6-11H2,1-3H3.